The molecule has 0 radical (unpaired) electrons. The van der Waals surface area contributed by atoms with Crippen molar-refractivity contribution >= 4 is 39.3 Å². The van der Waals surface area contributed by atoms with Crippen LogP contribution in [0.2, 0.25) is 0 Å². The number of halogens is 1. The SMILES string of the molecule is O=C(Nc1ccccc1Sc1nc(Br)nn1CCc1ccccc1)c1ccco1. The molecule has 1 amide bonds. The standard InChI is InChI=1S/C21H17BrN4O2S/c22-20-24-21(26(25-20)13-12-15-7-2-1-3-8-15)29-18-11-5-4-9-16(18)23-19(27)17-10-6-14-28-17/h1-11,14H,12-13H2,(H,23,27). The molecule has 0 atom stereocenters. The van der Waals surface area contributed by atoms with Crippen molar-refractivity contribution in [2.45, 2.75) is 23.0 Å². The molecule has 0 aliphatic heterocycles. The molecule has 0 bridgehead atoms. The Bertz CT molecular complexity index is 1100. The molecule has 29 heavy (non-hydrogen) atoms. The smallest absolute Gasteiger partial charge is 0.291 e. The third-order valence-electron chi connectivity index (χ3n) is 4.15. The van der Waals surface area contributed by atoms with Crippen molar-refractivity contribution in [2.75, 3.05) is 5.32 Å². The van der Waals surface area contributed by atoms with Crippen LogP contribution in [0.1, 0.15) is 16.1 Å². The number of furan rings is 1. The maximum atomic E-state index is 12.4. The Kier molecular flexibility index (Phi) is 6.12. The molecule has 0 spiro atoms. The lowest BCUT2D eigenvalue weighted by Gasteiger charge is -2.10. The fourth-order valence-corrected chi connectivity index (χ4v) is 4.17. The van der Waals surface area contributed by atoms with Gasteiger partial charge < -0.3 is 9.73 Å². The van der Waals surface area contributed by atoms with Crippen LogP contribution in [0.4, 0.5) is 5.69 Å². The second-order valence-corrected chi connectivity index (χ2v) is 7.87. The van der Waals surface area contributed by atoms with Crippen LogP contribution in [0.15, 0.2) is 92.2 Å². The van der Waals surface area contributed by atoms with Gasteiger partial charge in [-0.05, 0) is 63.9 Å². The largest absolute Gasteiger partial charge is 0.459 e. The Hall–Kier alpha value is -2.84. The predicted octanol–water partition coefficient (Wildman–Crippen LogP) is 5.28. The van der Waals surface area contributed by atoms with Gasteiger partial charge in [-0.15, -0.1) is 5.10 Å². The summed E-state index contributed by atoms with van der Waals surface area (Å²) in [6.45, 7) is 0.700. The number of benzene rings is 2. The summed E-state index contributed by atoms with van der Waals surface area (Å²) in [4.78, 5) is 17.7. The zero-order valence-electron chi connectivity index (χ0n) is 15.3. The molecule has 2 heterocycles. The Balaban J connectivity index is 1.52. The Morgan fingerprint density at radius 1 is 1.07 bits per heavy atom. The summed E-state index contributed by atoms with van der Waals surface area (Å²) in [6, 6.07) is 21.1. The molecule has 0 unspecified atom stereocenters. The molecule has 0 saturated carbocycles. The first-order valence-corrected chi connectivity index (χ1v) is 10.6. The van der Waals surface area contributed by atoms with Crippen molar-refractivity contribution in [2.24, 2.45) is 0 Å². The lowest BCUT2D eigenvalue weighted by Crippen LogP contribution is -2.11. The molecular formula is C21H17BrN4O2S. The van der Waals surface area contributed by atoms with E-state index in [1.165, 1.54) is 23.6 Å². The molecule has 0 saturated heterocycles. The van der Waals surface area contributed by atoms with Gasteiger partial charge in [-0.1, -0.05) is 42.5 Å². The Morgan fingerprint density at radius 3 is 2.66 bits per heavy atom. The molecular weight excluding hydrogens is 452 g/mol. The summed E-state index contributed by atoms with van der Waals surface area (Å²) in [5.41, 5.74) is 1.92. The molecule has 0 fully saturated rings. The Morgan fingerprint density at radius 2 is 1.86 bits per heavy atom. The number of carbonyl (C=O) groups is 1. The highest BCUT2D eigenvalue weighted by molar-refractivity contribution is 9.10. The second-order valence-electron chi connectivity index (χ2n) is 6.15. The van der Waals surface area contributed by atoms with Crippen molar-refractivity contribution in [1.82, 2.24) is 14.8 Å². The number of carbonyl (C=O) groups excluding carboxylic acids is 1. The maximum absolute atomic E-state index is 12.4. The molecule has 4 rings (SSSR count). The zero-order valence-corrected chi connectivity index (χ0v) is 17.7. The highest BCUT2D eigenvalue weighted by atomic mass is 79.9. The summed E-state index contributed by atoms with van der Waals surface area (Å²) >= 11 is 4.82. The van der Waals surface area contributed by atoms with Crippen LogP contribution in [0.25, 0.3) is 0 Å². The van der Waals surface area contributed by atoms with E-state index in [0.29, 0.717) is 17.0 Å². The van der Waals surface area contributed by atoms with Crippen LogP contribution in [-0.2, 0) is 13.0 Å². The minimum atomic E-state index is -0.297. The summed E-state index contributed by atoms with van der Waals surface area (Å²) < 4.78 is 7.57. The highest BCUT2D eigenvalue weighted by Gasteiger charge is 2.15. The average Bonchev–Trinajstić information content (AvgIpc) is 3.39. The zero-order chi connectivity index (χ0) is 20.1. The summed E-state index contributed by atoms with van der Waals surface area (Å²) in [5.74, 6) is -0.0339. The van der Waals surface area contributed by atoms with Gasteiger partial charge in [-0.2, -0.15) is 4.98 Å². The van der Waals surface area contributed by atoms with E-state index in [1.54, 1.807) is 12.1 Å². The number of aryl methyl sites for hydroxylation is 2. The van der Waals surface area contributed by atoms with E-state index in [2.05, 4.69) is 43.5 Å². The molecule has 146 valence electrons. The first-order valence-electron chi connectivity index (χ1n) is 8.95. The van der Waals surface area contributed by atoms with Gasteiger partial charge in [0.1, 0.15) is 0 Å². The molecule has 0 aliphatic rings. The minimum absolute atomic E-state index is 0.263. The summed E-state index contributed by atoms with van der Waals surface area (Å²) in [5, 5.41) is 8.09. The minimum Gasteiger partial charge on any atom is -0.459 e. The highest BCUT2D eigenvalue weighted by Crippen LogP contribution is 2.33. The average molecular weight is 469 g/mol. The van der Waals surface area contributed by atoms with Crippen LogP contribution in [0.5, 0.6) is 0 Å². The third kappa shape index (κ3) is 4.96. The first kappa shape index (κ1) is 19.5. The van der Waals surface area contributed by atoms with Gasteiger partial charge in [0, 0.05) is 11.4 Å². The molecule has 2 aromatic heterocycles. The molecule has 6 nitrogen and oxygen atoms in total. The van der Waals surface area contributed by atoms with Gasteiger partial charge in [0.2, 0.25) is 4.73 Å². The van der Waals surface area contributed by atoms with Crippen LogP contribution < -0.4 is 5.32 Å². The van der Waals surface area contributed by atoms with Gasteiger partial charge in [0.05, 0.1) is 12.0 Å². The van der Waals surface area contributed by atoms with Crippen molar-refractivity contribution in [1.29, 1.82) is 0 Å². The first-order chi connectivity index (χ1) is 14.2. The van der Waals surface area contributed by atoms with Crippen molar-refractivity contribution in [3.8, 4) is 0 Å². The van der Waals surface area contributed by atoms with Gasteiger partial charge in [0.15, 0.2) is 10.9 Å². The number of nitrogens with one attached hydrogen (secondary N) is 1. The van der Waals surface area contributed by atoms with Crippen LogP contribution in [0.3, 0.4) is 0 Å². The lowest BCUT2D eigenvalue weighted by atomic mass is 10.2. The fourth-order valence-electron chi connectivity index (χ4n) is 2.75. The van der Waals surface area contributed by atoms with E-state index in [-0.39, 0.29) is 11.7 Å². The molecule has 8 heteroatoms. The summed E-state index contributed by atoms with van der Waals surface area (Å²) in [6.07, 6.45) is 2.32. The second kappa shape index (κ2) is 9.11. The van der Waals surface area contributed by atoms with E-state index in [4.69, 9.17) is 4.42 Å². The maximum Gasteiger partial charge on any atom is 0.291 e. The van der Waals surface area contributed by atoms with Crippen molar-refractivity contribution in [3.05, 3.63) is 89.1 Å². The molecule has 0 aliphatic carbocycles. The summed E-state index contributed by atoms with van der Waals surface area (Å²) in [7, 11) is 0. The predicted molar refractivity (Wildman–Crippen MR) is 115 cm³/mol. The van der Waals surface area contributed by atoms with E-state index < -0.39 is 0 Å². The number of anilines is 1. The molecule has 1 N–H and O–H groups in total. The van der Waals surface area contributed by atoms with E-state index in [9.17, 15) is 4.79 Å². The van der Waals surface area contributed by atoms with E-state index in [0.717, 1.165) is 16.5 Å². The van der Waals surface area contributed by atoms with Crippen LogP contribution >= 0.6 is 27.7 Å². The lowest BCUT2D eigenvalue weighted by molar-refractivity contribution is 0.0996. The van der Waals surface area contributed by atoms with Gasteiger partial charge in [0.25, 0.3) is 5.91 Å². The number of amides is 1. The van der Waals surface area contributed by atoms with Gasteiger partial charge in [-0.3, -0.25) is 4.79 Å². The number of rotatable bonds is 7. The normalized spacial score (nSPS) is 10.8. The van der Waals surface area contributed by atoms with Crippen LogP contribution in [-0.4, -0.2) is 20.7 Å². The van der Waals surface area contributed by atoms with Gasteiger partial charge in [-0.25, -0.2) is 4.68 Å². The number of hydrogen-bond donors (Lipinski definition) is 1. The van der Waals surface area contributed by atoms with E-state index in [1.807, 2.05) is 47.1 Å². The fraction of sp³-hybridized carbons (Fsp3) is 0.0952. The molecule has 2 aromatic carbocycles. The topological polar surface area (TPSA) is 73.0 Å². The van der Waals surface area contributed by atoms with E-state index >= 15 is 0 Å². The Labute approximate surface area is 180 Å². The van der Waals surface area contributed by atoms with Crippen molar-refractivity contribution < 1.29 is 9.21 Å². The third-order valence-corrected chi connectivity index (χ3v) is 5.54. The number of para-hydroxylation sites is 1. The number of aromatic nitrogens is 3. The van der Waals surface area contributed by atoms with Crippen LogP contribution in [0, 0.1) is 0 Å². The quantitative estimate of drug-likeness (QED) is 0.399. The number of hydrogen-bond acceptors (Lipinski definition) is 5. The van der Waals surface area contributed by atoms with Gasteiger partial charge >= 0.3 is 0 Å². The molecule has 4 aromatic rings. The number of nitrogens with zero attached hydrogens (tertiary/aromatic N) is 3. The monoisotopic (exact) mass is 468 g/mol. The van der Waals surface area contributed by atoms with Crippen molar-refractivity contribution in [3.63, 3.8) is 0 Å².